The first kappa shape index (κ1) is 23.8. The number of halogens is 2. The Morgan fingerprint density at radius 2 is 2.09 bits per heavy atom. The van der Waals surface area contributed by atoms with Crippen molar-refractivity contribution in [3.05, 3.63) is 76.5 Å². The van der Waals surface area contributed by atoms with Gasteiger partial charge in [0.25, 0.3) is 0 Å². The molecule has 2 heterocycles. The van der Waals surface area contributed by atoms with Gasteiger partial charge in [-0.3, -0.25) is 9.89 Å². The van der Waals surface area contributed by atoms with Crippen molar-refractivity contribution >= 4 is 29.1 Å². The summed E-state index contributed by atoms with van der Waals surface area (Å²) in [5.41, 5.74) is 3.62. The molecule has 1 N–H and O–H groups in total. The molecule has 0 bridgehead atoms. The highest BCUT2D eigenvalue weighted by Crippen LogP contribution is 2.35. The van der Waals surface area contributed by atoms with Crippen molar-refractivity contribution in [2.45, 2.75) is 38.0 Å². The monoisotopic (exact) mass is 468 g/mol. The smallest absolute Gasteiger partial charge is 0.222 e. The predicted octanol–water partition coefficient (Wildman–Crippen LogP) is 6.45. The van der Waals surface area contributed by atoms with E-state index in [1.54, 1.807) is 12.1 Å². The van der Waals surface area contributed by atoms with Gasteiger partial charge in [0.1, 0.15) is 0 Å². The molecule has 3 rings (SSSR count). The van der Waals surface area contributed by atoms with E-state index in [1.165, 1.54) is 0 Å². The van der Waals surface area contributed by atoms with Crippen molar-refractivity contribution in [1.82, 2.24) is 15.1 Å². The van der Waals surface area contributed by atoms with E-state index in [2.05, 4.69) is 22.8 Å². The van der Waals surface area contributed by atoms with E-state index in [0.717, 1.165) is 48.5 Å². The fraction of sp³-hybridized carbons (Fsp3) is 0.320. The van der Waals surface area contributed by atoms with Gasteiger partial charge in [0.15, 0.2) is 0 Å². The molecule has 0 aliphatic carbocycles. The summed E-state index contributed by atoms with van der Waals surface area (Å²) in [5, 5.41) is 17.4. The van der Waals surface area contributed by atoms with Gasteiger partial charge in [-0.2, -0.15) is 10.4 Å². The van der Waals surface area contributed by atoms with Gasteiger partial charge in [-0.15, -0.1) is 0 Å². The lowest BCUT2D eigenvalue weighted by Crippen LogP contribution is -2.37. The number of carbonyl (C=O) groups is 1. The highest BCUT2D eigenvalue weighted by Gasteiger charge is 2.25. The number of carbonyl (C=O) groups excluding carboxylic acids is 1. The van der Waals surface area contributed by atoms with Crippen molar-refractivity contribution in [2.24, 2.45) is 0 Å². The van der Waals surface area contributed by atoms with Gasteiger partial charge < -0.3 is 4.90 Å². The molecular formula is C25H26Cl2N4O. The van der Waals surface area contributed by atoms with Crippen molar-refractivity contribution in [3.63, 3.8) is 0 Å². The van der Waals surface area contributed by atoms with Crippen LogP contribution < -0.4 is 0 Å². The highest BCUT2D eigenvalue weighted by atomic mass is 35.5. The quantitative estimate of drug-likeness (QED) is 0.452. The predicted molar refractivity (Wildman–Crippen MR) is 129 cm³/mol. The molecule has 2 aromatic rings. The molecule has 1 aliphatic heterocycles. The van der Waals surface area contributed by atoms with Gasteiger partial charge >= 0.3 is 0 Å². The van der Waals surface area contributed by atoms with Crippen LogP contribution in [0, 0.1) is 11.3 Å². The van der Waals surface area contributed by atoms with Crippen LogP contribution >= 0.6 is 23.2 Å². The van der Waals surface area contributed by atoms with Gasteiger partial charge in [0.05, 0.1) is 28.2 Å². The molecule has 1 saturated heterocycles. The molecule has 0 spiro atoms. The lowest BCUT2D eigenvalue weighted by Gasteiger charge is -2.31. The lowest BCUT2D eigenvalue weighted by atomic mass is 9.92. The number of piperidine rings is 1. The van der Waals surface area contributed by atoms with Crippen molar-refractivity contribution in [3.8, 4) is 17.3 Å². The zero-order valence-electron chi connectivity index (χ0n) is 17.9. The summed E-state index contributed by atoms with van der Waals surface area (Å²) in [5.74, 6) is 0.467. The summed E-state index contributed by atoms with van der Waals surface area (Å²) >= 11 is 12.5. The Morgan fingerprint density at radius 1 is 1.31 bits per heavy atom. The number of nitrogens with zero attached hydrogens (tertiary/aromatic N) is 3. The number of benzene rings is 1. The van der Waals surface area contributed by atoms with Crippen LogP contribution in [-0.2, 0) is 4.79 Å². The highest BCUT2D eigenvalue weighted by molar-refractivity contribution is 6.43. The Morgan fingerprint density at radius 3 is 2.81 bits per heavy atom. The van der Waals surface area contributed by atoms with Gasteiger partial charge in [-0.1, -0.05) is 71.8 Å². The van der Waals surface area contributed by atoms with E-state index in [4.69, 9.17) is 28.5 Å². The van der Waals surface area contributed by atoms with E-state index in [0.29, 0.717) is 35.2 Å². The molecule has 1 amide bonds. The molecule has 7 heteroatoms. The number of nitrogens with one attached hydrogen (secondary N) is 1. The minimum Gasteiger partial charge on any atom is -0.343 e. The molecule has 1 aliphatic rings. The zero-order valence-corrected chi connectivity index (χ0v) is 19.4. The van der Waals surface area contributed by atoms with Crippen molar-refractivity contribution < 1.29 is 4.79 Å². The molecule has 0 unspecified atom stereocenters. The van der Waals surface area contributed by atoms with E-state index in [9.17, 15) is 4.79 Å². The van der Waals surface area contributed by atoms with Crippen LogP contribution in [0.25, 0.3) is 11.3 Å². The summed E-state index contributed by atoms with van der Waals surface area (Å²) in [6, 6.07) is 9.65. The summed E-state index contributed by atoms with van der Waals surface area (Å²) in [7, 11) is 0. The number of rotatable bonds is 8. The Bertz CT molecular complexity index is 1060. The van der Waals surface area contributed by atoms with Crippen molar-refractivity contribution in [2.75, 3.05) is 13.1 Å². The Kier molecular flexibility index (Phi) is 8.72. The number of likely N-dealkylation sites (tertiary alicyclic amines) is 1. The van der Waals surface area contributed by atoms with E-state index < -0.39 is 0 Å². The third-order valence-electron chi connectivity index (χ3n) is 5.64. The SMILES string of the molecule is C=C/C=C\C(=C/CC#N)CCC(=O)N1CCC(c2cc(-c3cccc(Cl)c3Cl)n[nH]2)CC1. The third-order valence-corrected chi connectivity index (χ3v) is 6.46. The second kappa shape index (κ2) is 11.7. The maximum atomic E-state index is 12.7. The summed E-state index contributed by atoms with van der Waals surface area (Å²) in [6.07, 6.45) is 10.4. The zero-order chi connectivity index (χ0) is 22.9. The minimum absolute atomic E-state index is 0.148. The van der Waals surface area contributed by atoms with Crippen LogP contribution in [0.3, 0.4) is 0 Å². The number of amides is 1. The molecule has 0 radical (unpaired) electrons. The molecule has 166 valence electrons. The first-order valence-corrected chi connectivity index (χ1v) is 11.4. The normalized spacial score (nSPS) is 15.2. The second-order valence-corrected chi connectivity index (χ2v) is 8.49. The summed E-state index contributed by atoms with van der Waals surface area (Å²) in [4.78, 5) is 14.6. The largest absolute Gasteiger partial charge is 0.343 e. The van der Waals surface area contributed by atoms with E-state index in [-0.39, 0.29) is 5.91 Å². The number of hydrogen-bond donors (Lipinski definition) is 1. The van der Waals surface area contributed by atoms with Gasteiger partial charge in [0.2, 0.25) is 5.91 Å². The number of H-pyrrole nitrogens is 1. The molecule has 1 aromatic heterocycles. The topological polar surface area (TPSA) is 72.8 Å². The standard InChI is InChI=1S/C25H26Cl2N4O/c1-2-3-6-18(7-5-14-28)10-11-24(32)31-15-12-19(13-16-31)22-17-23(30-29-22)20-8-4-9-21(26)25(20)27/h2-4,6-9,17,19H,1,5,10-13,15-16H2,(H,29,30)/b6-3-,18-7+. The van der Waals surface area contributed by atoms with Crippen LogP contribution in [0.4, 0.5) is 0 Å². The number of allylic oxidation sites excluding steroid dienone is 5. The number of hydrogen-bond acceptors (Lipinski definition) is 3. The number of aromatic amines is 1. The Hall–Kier alpha value is -2.81. The minimum atomic E-state index is 0.148. The van der Waals surface area contributed by atoms with Gasteiger partial charge in [-0.25, -0.2) is 0 Å². The van der Waals surface area contributed by atoms with E-state index in [1.807, 2.05) is 41.3 Å². The first-order chi connectivity index (χ1) is 15.5. The molecule has 1 aromatic carbocycles. The van der Waals surface area contributed by atoms with Gasteiger partial charge in [0, 0.05) is 36.7 Å². The van der Waals surface area contributed by atoms with E-state index >= 15 is 0 Å². The van der Waals surface area contributed by atoms with Crippen LogP contribution in [0.2, 0.25) is 10.0 Å². The summed E-state index contributed by atoms with van der Waals surface area (Å²) < 4.78 is 0. The molecule has 32 heavy (non-hydrogen) atoms. The molecule has 5 nitrogen and oxygen atoms in total. The third kappa shape index (κ3) is 6.12. The Labute approximate surface area is 199 Å². The first-order valence-electron chi connectivity index (χ1n) is 10.7. The molecular weight excluding hydrogens is 443 g/mol. The number of nitriles is 1. The molecule has 0 saturated carbocycles. The van der Waals surface area contributed by atoms with Crippen LogP contribution in [0.1, 0.15) is 43.7 Å². The van der Waals surface area contributed by atoms with Crippen molar-refractivity contribution in [1.29, 1.82) is 5.26 Å². The average molecular weight is 469 g/mol. The molecule has 1 fully saturated rings. The summed E-state index contributed by atoms with van der Waals surface area (Å²) in [6.45, 7) is 5.10. The average Bonchev–Trinajstić information content (AvgIpc) is 3.30. The van der Waals surface area contributed by atoms with Crippen LogP contribution in [-0.4, -0.2) is 34.1 Å². The van der Waals surface area contributed by atoms with Crippen LogP contribution in [0.5, 0.6) is 0 Å². The maximum Gasteiger partial charge on any atom is 0.222 e. The maximum absolute atomic E-state index is 12.7. The Balaban J connectivity index is 1.55. The second-order valence-electron chi connectivity index (χ2n) is 7.70. The fourth-order valence-corrected chi connectivity index (χ4v) is 4.25. The van der Waals surface area contributed by atoms with Crippen LogP contribution in [0.15, 0.2) is 60.7 Å². The number of aromatic nitrogens is 2. The molecule has 0 atom stereocenters. The van der Waals surface area contributed by atoms with Gasteiger partial charge in [-0.05, 0) is 31.4 Å². The fourth-order valence-electron chi connectivity index (χ4n) is 3.86. The lowest BCUT2D eigenvalue weighted by molar-refractivity contribution is -0.132.